The van der Waals surface area contributed by atoms with Gasteiger partial charge in [0.15, 0.2) is 0 Å². The quantitative estimate of drug-likeness (QED) is 0.703. The molecule has 88 valence electrons. The van der Waals surface area contributed by atoms with Gasteiger partial charge in [0.2, 0.25) is 0 Å². The van der Waals surface area contributed by atoms with Crippen molar-refractivity contribution in [3.8, 4) is 5.75 Å². The molecule has 18 heavy (non-hydrogen) atoms. The van der Waals surface area contributed by atoms with Crippen LogP contribution in [-0.4, -0.2) is 26.0 Å². The number of rotatable bonds is 1. The molecular weight excluding hydrogens is 230 g/mol. The third kappa shape index (κ3) is 1.62. The molecule has 0 atom stereocenters. The Morgan fingerprint density at radius 1 is 0.944 bits per heavy atom. The van der Waals surface area contributed by atoms with Gasteiger partial charge in [-0.25, -0.2) is 0 Å². The zero-order valence-corrected chi connectivity index (χ0v) is 9.32. The lowest BCUT2D eigenvalue weighted by Gasteiger charge is -2.00. The third-order valence-electron chi connectivity index (χ3n) is 2.60. The van der Waals surface area contributed by atoms with Crippen molar-refractivity contribution in [1.29, 1.82) is 0 Å². The summed E-state index contributed by atoms with van der Waals surface area (Å²) in [6.07, 6.45) is 0. The summed E-state index contributed by atoms with van der Waals surface area (Å²) in [6.45, 7) is 0. The van der Waals surface area contributed by atoms with Gasteiger partial charge in [0.25, 0.3) is 5.91 Å². The van der Waals surface area contributed by atoms with Crippen LogP contribution in [-0.2, 0) is 0 Å². The number of carbonyl (C=O) groups excluding carboxylic acids is 1. The first-order chi connectivity index (χ1) is 8.75. The Morgan fingerprint density at radius 2 is 1.50 bits per heavy atom. The van der Waals surface area contributed by atoms with Crippen LogP contribution in [0.1, 0.15) is 10.4 Å². The summed E-state index contributed by atoms with van der Waals surface area (Å²) in [5.41, 5.74) is 1.46. The monoisotopic (exact) mass is 239 g/mol. The second-order valence-electron chi connectivity index (χ2n) is 3.80. The van der Waals surface area contributed by atoms with E-state index in [4.69, 9.17) is 0 Å². The highest BCUT2D eigenvalue weighted by Gasteiger charge is 2.15. The van der Waals surface area contributed by atoms with Gasteiger partial charge in [0.1, 0.15) is 16.8 Å². The highest BCUT2D eigenvalue weighted by Crippen LogP contribution is 2.17. The fourth-order valence-electron chi connectivity index (χ4n) is 1.71. The van der Waals surface area contributed by atoms with Crippen molar-refractivity contribution in [3.63, 3.8) is 0 Å². The third-order valence-corrected chi connectivity index (χ3v) is 2.60. The smallest absolute Gasteiger partial charge is 0.299 e. The van der Waals surface area contributed by atoms with Crippen LogP contribution >= 0.6 is 0 Å². The summed E-state index contributed by atoms with van der Waals surface area (Å²) in [5.74, 6) is -0.534. The lowest BCUT2D eigenvalue weighted by Crippen LogP contribution is -2.15. The van der Waals surface area contributed by atoms with Crippen LogP contribution in [0.25, 0.3) is 11.0 Å². The van der Waals surface area contributed by atoms with E-state index in [2.05, 4.69) is 10.2 Å². The minimum atomic E-state index is -0.454. The molecule has 1 aromatic heterocycles. The van der Waals surface area contributed by atoms with Crippen LogP contribution in [0.4, 0.5) is 0 Å². The summed E-state index contributed by atoms with van der Waals surface area (Å²) in [6, 6.07) is 13.5. The van der Waals surface area contributed by atoms with Gasteiger partial charge < -0.3 is 5.11 Å². The SMILES string of the molecule is O=C(c1ccccc1O)n1nc2ccccc2n1. The normalized spacial score (nSPS) is 10.7. The number of nitrogens with zero attached hydrogens (tertiary/aromatic N) is 3. The first-order valence-corrected chi connectivity index (χ1v) is 5.40. The molecule has 0 spiro atoms. The highest BCUT2D eigenvalue weighted by molar-refractivity contribution is 5.98. The average molecular weight is 239 g/mol. The molecule has 0 saturated heterocycles. The molecule has 5 nitrogen and oxygen atoms in total. The first-order valence-electron chi connectivity index (χ1n) is 5.40. The molecule has 0 fully saturated rings. The summed E-state index contributed by atoms with van der Waals surface area (Å²) < 4.78 is 0. The molecule has 1 N–H and O–H groups in total. The Bertz CT molecular complexity index is 701. The Kier molecular flexibility index (Phi) is 2.30. The maximum absolute atomic E-state index is 12.1. The summed E-state index contributed by atoms with van der Waals surface area (Å²) in [5, 5.41) is 17.8. The van der Waals surface area contributed by atoms with Gasteiger partial charge in [-0.1, -0.05) is 24.3 Å². The van der Waals surface area contributed by atoms with E-state index in [0.717, 1.165) is 4.80 Å². The van der Waals surface area contributed by atoms with Crippen LogP contribution in [0.15, 0.2) is 48.5 Å². The van der Waals surface area contributed by atoms with E-state index in [1.54, 1.807) is 24.3 Å². The van der Waals surface area contributed by atoms with Gasteiger partial charge in [-0.3, -0.25) is 4.79 Å². The number of carbonyl (C=O) groups is 1. The number of phenols is 1. The molecule has 0 amide bonds. The van der Waals surface area contributed by atoms with Crippen LogP contribution < -0.4 is 0 Å². The molecule has 2 aromatic carbocycles. The molecule has 0 saturated carbocycles. The lowest BCUT2D eigenvalue weighted by atomic mass is 10.2. The Morgan fingerprint density at radius 3 is 2.11 bits per heavy atom. The molecule has 0 aliphatic carbocycles. The standard InChI is InChI=1S/C13H9N3O2/c17-12-8-4-1-5-9(12)13(18)16-14-10-6-2-3-7-11(10)15-16/h1-8,17H. The number of benzene rings is 2. The molecule has 0 bridgehead atoms. The van der Waals surface area contributed by atoms with Gasteiger partial charge in [-0.05, 0) is 24.3 Å². The highest BCUT2D eigenvalue weighted by atomic mass is 16.3. The van der Waals surface area contributed by atoms with Crippen molar-refractivity contribution in [2.45, 2.75) is 0 Å². The van der Waals surface area contributed by atoms with E-state index in [9.17, 15) is 9.90 Å². The molecule has 1 heterocycles. The van der Waals surface area contributed by atoms with Crippen molar-refractivity contribution >= 4 is 16.9 Å². The minimum Gasteiger partial charge on any atom is -0.507 e. The summed E-state index contributed by atoms with van der Waals surface area (Å²) in [7, 11) is 0. The van der Waals surface area contributed by atoms with Crippen LogP contribution in [0.3, 0.4) is 0 Å². The number of aromatic hydroxyl groups is 1. The molecule has 0 aliphatic rings. The van der Waals surface area contributed by atoms with Crippen molar-refractivity contribution < 1.29 is 9.90 Å². The Labute approximate surface area is 102 Å². The van der Waals surface area contributed by atoms with Gasteiger partial charge in [-0.2, -0.15) is 0 Å². The lowest BCUT2D eigenvalue weighted by molar-refractivity contribution is 0.0926. The van der Waals surface area contributed by atoms with E-state index >= 15 is 0 Å². The van der Waals surface area contributed by atoms with E-state index in [1.165, 1.54) is 12.1 Å². The van der Waals surface area contributed by atoms with Crippen LogP contribution in [0.5, 0.6) is 5.75 Å². The largest absolute Gasteiger partial charge is 0.507 e. The van der Waals surface area contributed by atoms with Gasteiger partial charge in [0.05, 0.1) is 5.56 Å². The first kappa shape index (κ1) is 10.5. The zero-order valence-electron chi connectivity index (χ0n) is 9.32. The van der Waals surface area contributed by atoms with Crippen molar-refractivity contribution in [3.05, 3.63) is 54.1 Å². The van der Waals surface area contributed by atoms with Crippen LogP contribution in [0.2, 0.25) is 0 Å². The predicted octanol–water partition coefficient (Wildman–Crippen LogP) is 1.83. The molecule has 0 radical (unpaired) electrons. The van der Waals surface area contributed by atoms with Gasteiger partial charge in [0, 0.05) is 0 Å². The molecular formula is C13H9N3O2. The van der Waals surface area contributed by atoms with E-state index in [-0.39, 0.29) is 11.3 Å². The second-order valence-corrected chi connectivity index (χ2v) is 3.80. The number of fused-ring (bicyclic) bond motifs is 1. The van der Waals surface area contributed by atoms with Crippen LogP contribution in [0, 0.1) is 0 Å². The predicted molar refractivity (Wildman–Crippen MR) is 65.4 cm³/mol. The molecule has 0 aliphatic heterocycles. The number of aromatic nitrogens is 3. The fraction of sp³-hybridized carbons (Fsp3) is 0. The number of hydrogen-bond donors (Lipinski definition) is 1. The topological polar surface area (TPSA) is 68.0 Å². The Balaban J connectivity index is 2.10. The maximum Gasteiger partial charge on any atom is 0.299 e. The van der Waals surface area contributed by atoms with Gasteiger partial charge >= 0.3 is 0 Å². The summed E-state index contributed by atoms with van der Waals surface area (Å²) in [4.78, 5) is 13.1. The number of para-hydroxylation sites is 1. The van der Waals surface area contributed by atoms with Gasteiger partial charge in [-0.15, -0.1) is 15.0 Å². The van der Waals surface area contributed by atoms with Crippen molar-refractivity contribution in [2.75, 3.05) is 0 Å². The Hall–Kier alpha value is -2.69. The number of phenolic OH excluding ortho intramolecular Hbond substituents is 1. The van der Waals surface area contributed by atoms with E-state index in [0.29, 0.717) is 11.0 Å². The number of hydrogen-bond acceptors (Lipinski definition) is 4. The fourth-order valence-corrected chi connectivity index (χ4v) is 1.71. The minimum absolute atomic E-state index is 0.0798. The summed E-state index contributed by atoms with van der Waals surface area (Å²) >= 11 is 0. The van der Waals surface area contributed by atoms with E-state index in [1.807, 2.05) is 12.1 Å². The molecule has 5 heteroatoms. The molecule has 0 unspecified atom stereocenters. The van der Waals surface area contributed by atoms with Crippen molar-refractivity contribution in [2.24, 2.45) is 0 Å². The van der Waals surface area contributed by atoms with Crippen molar-refractivity contribution in [1.82, 2.24) is 15.0 Å². The van der Waals surface area contributed by atoms with E-state index < -0.39 is 5.91 Å². The molecule has 3 aromatic rings. The zero-order chi connectivity index (χ0) is 12.5. The average Bonchev–Trinajstić information content (AvgIpc) is 2.82. The maximum atomic E-state index is 12.1. The molecule has 3 rings (SSSR count). The second kappa shape index (κ2) is 3.96.